The first-order chi connectivity index (χ1) is 31.7. The van der Waals surface area contributed by atoms with Crippen LogP contribution in [0.2, 0.25) is 0 Å². The zero-order chi connectivity index (χ0) is 46.0. The molecule has 0 radical (unpaired) electrons. The van der Waals surface area contributed by atoms with Gasteiger partial charge in [0.1, 0.15) is 16.3 Å². The number of aromatic nitrogens is 8. The van der Waals surface area contributed by atoms with Crippen molar-refractivity contribution < 1.29 is 21.6 Å². The smallest absolute Gasteiger partial charge is 0.340 e. The number of fused-ring (bicyclic) bond motifs is 2. The number of hydrogen-bond donors (Lipinski definition) is 2. The highest BCUT2D eigenvalue weighted by Gasteiger charge is 2.30. The lowest BCUT2D eigenvalue weighted by Gasteiger charge is -2.07. The molecule has 0 amide bonds. The van der Waals surface area contributed by atoms with Gasteiger partial charge in [-0.25, -0.2) is 23.4 Å². The molecule has 2 N–H and O–H groups in total. The van der Waals surface area contributed by atoms with Crippen molar-refractivity contribution in [3.8, 4) is 45.3 Å². The minimum absolute atomic E-state index is 0.222. The first kappa shape index (κ1) is 43.9. The van der Waals surface area contributed by atoms with Crippen molar-refractivity contribution in [2.75, 3.05) is 6.26 Å². The Bertz CT molecular complexity index is 3520. The summed E-state index contributed by atoms with van der Waals surface area (Å²) in [5, 5.41) is 1.99. The van der Waals surface area contributed by atoms with Crippen molar-refractivity contribution in [2.45, 2.75) is 30.8 Å². The second-order valence-electron chi connectivity index (χ2n) is 15.6. The summed E-state index contributed by atoms with van der Waals surface area (Å²) >= 11 is 3.40. The summed E-state index contributed by atoms with van der Waals surface area (Å²) in [6.45, 7) is 1.96. The summed E-state index contributed by atoms with van der Waals surface area (Å²) in [6, 6.07) is 43.4. The lowest BCUT2D eigenvalue weighted by molar-refractivity contribution is -0.137. The highest BCUT2D eigenvalue weighted by atomic mass is 79.9. The van der Waals surface area contributed by atoms with Gasteiger partial charge in [-0.3, -0.25) is 15.0 Å². The second-order valence-corrected chi connectivity index (χ2v) is 18.4. The van der Waals surface area contributed by atoms with Gasteiger partial charge in [-0.15, -0.1) is 0 Å². The molecule has 6 aromatic heterocycles. The zero-order valence-electron chi connectivity index (χ0n) is 35.3. The molecule has 6 heterocycles. The van der Waals surface area contributed by atoms with E-state index in [-0.39, 0.29) is 6.42 Å². The number of benzene rings is 4. The van der Waals surface area contributed by atoms with Gasteiger partial charge in [0, 0.05) is 59.1 Å². The molecule has 328 valence electrons. The molecule has 0 fully saturated rings. The van der Waals surface area contributed by atoms with Crippen LogP contribution in [0, 0.1) is 6.92 Å². The summed E-state index contributed by atoms with van der Waals surface area (Å²) in [4.78, 5) is 34.7. The number of sulfone groups is 1. The standard InChI is InChI=1S/C26H22N4O2S.C25H16BrF3N4/c1-17-6-3-10-23(28-17)26-25(20-11-12-22-19(16-20)8-5-13-27-22)29-24(30-26)15-18-7-4-9-21(14-18)33(2,31)32;26-21-8-2-7-20(31-21)24-23(17-9-10-19-16(14-17)5-3-11-30-19)32-22(33-24)13-15-4-1-6-18(12-15)25(27,28)29/h3-14,16H,15H2,1-2H3,(H,29,30);1-12,14H,13H2,(H,32,33). The van der Waals surface area contributed by atoms with Crippen molar-refractivity contribution in [2.24, 2.45) is 0 Å². The molecule has 0 atom stereocenters. The monoisotopic (exact) mass is 962 g/mol. The Morgan fingerprint density at radius 3 is 1.65 bits per heavy atom. The molecular weight excluding hydrogens is 926 g/mol. The topological polar surface area (TPSA) is 143 Å². The molecule has 66 heavy (non-hydrogen) atoms. The van der Waals surface area contributed by atoms with Crippen molar-refractivity contribution in [3.63, 3.8) is 0 Å². The molecule has 0 aliphatic rings. The number of rotatable bonds is 9. The fourth-order valence-electron chi connectivity index (χ4n) is 7.61. The van der Waals surface area contributed by atoms with E-state index >= 15 is 0 Å². The summed E-state index contributed by atoms with van der Waals surface area (Å²) in [6.07, 6.45) is 1.03. The van der Waals surface area contributed by atoms with E-state index in [2.05, 4.69) is 46.9 Å². The molecule has 0 spiro atoms. The quantitative estimate of drug-likeness (QED) is 0.136. The van der Waals surface area contributed by atoms with Gasteiger partial charge in [-0.05, 0) is 113 Å². The summed E-state index contributed by atoms with van der Waals surface area (Å²) in [7, 11) is -3.28. The molecule has 10 nitrogen and oxygen atoms in total. The number of pyridine rings is 4. The third kappa shape index (κ3) is 9.97. The molecule has 10 rings (SSSR count). The number of nitrogens with one attached hydrogen (secondary N) is 2. The fourth-order valence-corrected chi connectivity index (χ4v) is 8.64. The number of hydrogen-bond acceptors (Lipinski definition) is 8. The van der Waals surface area contributed by atoms with Crippen LogP contribution in [0.4, 0.5) is 13.2 Å². The SMILES string of the molecule is Cc1cccc(-c2[nH]c(Cc3cccc(S(C)(=O)=O)c3)nc2-c2ccc3ncccc3c2)n1.FC(F)(F)c1cccc(Cc2nc(-c3ccc4ncccc4c3)c(-c3cccc(Br)n3)[nH]2)c1. The van der Waals surface area contributed by atoms with Crippen molar-refractivity contribution in [1.82, 2.24) is 39.9 Å². The van der Waals surface area contributed by atoms with E-state index in [1.165, 1.54) is 12.3 Å². The lowest BCUT2D eigenvalue weighted by Crippen LogP contribution is -2.05. The normalized spacial score (nSPS) is 11.7. The largest absolute Gasteiger partial charge is 0.416 e. The fraction of sp³-hybridized carbons (Fsp3) is 0.0980. The third-order valence-electron chi connectivity index (χ3n) is 10.7. The highest BCUT2D eigenvalue weighted by Crippen LogP contribution is 2.35. The van der Waals surface area contributed by atoms with Gasteiger partial charge in [0.25, 0.3) is 0 Å². The van der Waals surface area contributed by atoms with Crippen LogP contribution in [0.1, 0.15) is 34.0 Å². The number of halogens is 4. The van der Waals surface area contributed by atoms with E-state index in [0.717, 1.165) is 79.2 Å². The Balaban J connectivity index is 0.000000166. The van der Waals surface area contributed by atoms with E-state index in [4.69, 9.17) is 15.0 Å². The Morgan fingerprint density at radius 2 is 1.11 bits per heavy atom. The van der Waals surface area contributed by atoms with Gasteiger partial charge in [0.05, 0.1) is 55.7 Å². The van der Waals surface area contributed by atoms with Crippen molar-refractivity contribution >= 4 is 47.6 Å². The minimum atomic E-state index is -4.39. The first-order valence-electron chi connectivity index (χ1n) is 20.6. The van der Waals surface area contributed by atoms with Crippen LogP contribution in [-0.2, 0) is 28.9 Å². The highest BCUT2D eigenvalue weighted by molar-refractivity contribution is 9.10. The molecule has 10 aromatic rings. The average Bonchev–Trinajstić information content (AvgIpc) is 3.93. The lowest BCUT2D eigenvalue weighted by atomic mass is 10.1. The predicted octanol–water partition coefficient (Wildman–Crippen LogP) is 12.0. The Kier molecular flexibility index (Phi) is 12.1. The summed E-state index contributed by atoms with van der Waals surface area (Å²) in [5.74, 6) is 1.28. The zero-order valence-corrected chi connectivity index (χ0v) is 37.7. The number of aryl methyl sites for hydroxylation is 1. The van der Waals surface area contributed by atoms with E-state index in [1.54, 1.807) is 36.7 Å². The van der Waals surface area contributed by atoms with E-state index in [1.807, 2.05) is 104 Å². The summed E-state index contributed by atoms with van der Waals surface area (Å²) in [5.41, 5.74) is 9.70. The van der Waals surface area contributed by atoms with Crippen LogP contribution in [0.3, 0.4) is 0 Å². The van der Waals surface area contributed by atoms with Gasteiger partial charge >= 0.3 is 6.18 Å². The molecular formula is C51H38BrF3N8O2S. The molecule has 4 aromatic carbocycles. The van der Waals surface area contributed by atoms with Gasteiger partial charge in [0.15, 0.2) is 9.84 Å². The maximum absolute atomic E-state index is 13.1. The number of aromatic amines is 2. The molecule has 0 aliphatic heterocycles. The number of alkyl halides is 3. The average molecular weight is 964 g/mol. The van der Waals surface area contributed by atoms with Crippen molar-refractivity contribution in [1.29, 1.82) is 0 Å². The molecule has 0 bridgehead atoms. The Morgan fingerprint density at radius 1 is 0.576 bits per heavy atom. The van der Waals surface area contributed by atoms with E-state index < -0.39 is 21.6 Å². The molecule has 0 saturated carbocycles. The molecule has 15 heteroatoms. The van der Waals surface area contributed by atoms with Crippen LogP contribution in [0.25, 0.3) is 67.1 Å². The maximum Gasteiger partial charge on any atom is 0.416 e. The van der Waals surface area contributed by atoms with Crippen LogP contribution in [-0.4, -0.2) is 54.5 Å². The number of nitrogens with zero attached hydrogens (tertiary/aromatic N) is 6. The minimum Gasteiger partial charge on any atom is -0.340 e. The predicted molar refractivity (Wildman–Crippen MR) is 254 cm³/mol. The third-order valence-corrected chi connectivity index (χ3v) is 12.3. The Labute approximate surface area is 386 Å². The van der Waals surface area contributed by atoms with Crippen LogP contribution < -0.4 is 0 Å². The van der Waals surface area contributed by atoms with Crippen molar-refractivity contribution in [3.05, 3.63) is 197 Å². The van der Waals surface area contributed by atoms with Gasteiger partial charge in [0.2, 0.25) is 0 Å². The first-order valence-corrected chi connectivity index (χ1v) is 23.3. The van der Waals surface area contributed by atoms with Gasteiger partial charge in [-0.1, -0.05) is 66.7 Å². The maximum atomic E-state index is 13.1. The van der Waals surface area contributed by atoms with Gasteiger partial charge in [-0.2, -0.15) is 13.2 Å². The molecule has 0 saturated heterocycles. The van der Waals surface area contributed by atoms with Crippen LogP contribution in [0.5, 0.6) is 0 Å². The van der Waals surface area contributed by atoms with Crippen LogP contribution in [0.15, 0.2) is 167 Å². The second kappa shape index (κ2) is 18.3. The van der Waals surface area contributed by atoms with Gasteiger partial charge < -0.3 is 9.97 Å². The van der Waals surface area contributed by atoms with E-state index in [0.29, 0.717) is 44.4 Å². The summed E-state index contributed by atoms with van der Waals surface area (Å²) < 4.78 is 64.0. The van der Waals surface area contributed by atoms with E-state index in [9.17, 15) is 21.6 Å². The molecule has 0 aliphatic carbocycles. The molecule has 0 unspecified atom stereocenters. The number of H-pyrrole nitrogens is 2. The van der Waals surface area contributed by atoms with Crippen LogP contribution >= 0.6 is 15.9 Å². The Hall–Kier alpha value is -7.36. The number of imidazole rings is 2.